The number of ether oxygens (including phenoxy) is 7. The van der Waals surface area contributed by atoms with Crippen molar-refractivity contribution >= 4 is 11.9 Å². The molecule has 5 aliphatic carbocycles. The van der Waals surface area contributed by atoms with E-state index >= 15 is 0 Å². The largest absolute Gasteiger partial charge is 0.454 e. The highest BCUT2D eigenvalue weighted by atomic mass is 16.8. The minimum absolute atomic E-state index is 0.0310. The lowest BCUT2D eigenvalue weighted by Crippen LogP contribution is -2.70. The van der Waals surface area contributed by atoms with E-state index in [4.69, 9.17) is 33.2 Å². The molecule has 11 N–H and O–H groups in total. The first-order chi connectivity index (χ1) is 32.2. The summed E-state index contributed by atoms with van der Waals surface area (Å²) in [6.45, 7) is 14.1. The fourth-order valence-corrected chi connectivity index (χ4v) is 15.4. The molecule has 3 unspecified atom stereocenters. The van der Waals surface area contributed by atoms with Gasteiger partial charge in [0.15, 0.2) is 18.7 Å². The minimum atomic E-state index is -1.83. The molecule has 3 heterocycles. The maximum absolute atomic E-state index is 14.8. The Hall–Kier alpha value is -1.96. The number of aliphatic hydroxyl groups is 11. The van der Waals surface area contributed by atoms with E-state index in [-0.39, 0.29) is 42.1 Å². The fourth-order valence-electron chi connectivity index (χ4n) is 15.4. The zero-order valence-corrected chi connectivity index (χ0v) is 41.0. The van der Waals surface area contributed by atoms with Gasteiger partial charge in [-0.3, -0.25) is 9.59 Å². The Kier molecular flexibility index (Phi) is 14.5. The van der Waals surface area contributed by atoms with Crippen LogP contribution < -0.4 is 0 Å². The average Bonchev–Trinajstić information content (AvgIpc) is 3.28. The Balaban J connectivity index is 1.05. The maximum atomic E-state index is 14.8. The Bertz CT molecular complexity index is 1930. The van der Waals surface area contributed by atoms with Gasteiger partial charge >= 0.3 is 11.9 Å². The standard InChI is InChI=1S/C49H78O20/c1-21-24(53)17-49(43(61)69-41-36(60)34(58)32(56)27(19-51)66-41)16-15-46(6)23(39(49)48(21,8)62)9-10-29-45(5)13-12-30(44(3,4)28(45)11-14-47(29,46)7)67-42-38(64-22(2)52)37(25(54)20-63-42)68-40-35(59)33(57)31(55)26(18-50)65-40/h9,21,24-42,50-51,53-60,62H,10-20H2,1-8H3/t21-,24-,25+,26-,27-,28?,29?,30+,31-,32-,33+,34+,35-,36-,37+,38-,39?,40+,41+,42+,45+,46-,47-,48-,49-/m1/s1. The third-order valence-corrected chi connectivity index (χ3v) is 19.7. The number of hydrogen-bond acceptors (Lipinski definition) is 20. The summed E-state index contributed by atoms with van der Waals surface area (Å²) in [6.07, 6.45) is -16.8. The average molecular weight is 987 g/mol. The topological polar surface area (TPSA) is 321 Å². The zero-order valence-electron chi connectivity index (χ0n) is 41.0. The van der Waals surface area contributed by atoms with Crippen molar-refractivity contribution in [1.29, 1.82) is 0 Å². The van der Waals surface area contributed by atoms with Crippen LogP contribution in [0.25, 0.3) is 0 Å². The van der Waals surface area contributed by atoms with Crippen molar-refractivity contribution in [1.82, 2.24) is 0 Å². The van der Waals surface area contributed by atoms with Crippen LogP contribution in [0, 0.1) is 50.7 Å². The number of hydrogen-bond donors (Lipinski definition) is 11. The van der Waals surface area contributed by atoms with Crippen LogP contribution in [0.3, 0.4) is 0 Å². The van der Waals surface area contributed by atoms with Gasteiger partial charge in [0.05, 0.1) is 43.0 Å². The van der Waals surface area contributed by atoms with E-state index in [1.807, 2.05) is 0 Å². The second-order valence-electron chi connectivity index (χ2n) is 23.4. The van der Waals surface area contributed by atoms with Crippen molar-refractivity contribution < 1.29 is 98.9 Å². The number of fused-ring (bicyclic) bond motifs is 7. The second kappa shape index (κ2) is 18.8. The van der Waals surface area contributed by atoms with E-state index in [2.05, 4.69) is 40.7 Å². The number of carbonyl (C=O) groups is 2. The summed E-state index contributed by atoms with van der Waals surface area (Å²) in [5.41, 5.74) is -3.75. The van der Waals surface area contributed by atoms with Crippen LogP contribution in [-0.2, 0) is 42.7 Å². The molecule has 20 nitrogen and oxygen atoms in total. The second-order valence-corrected chi connectivity index (χ2v) is 23.4. The number of allylic oxidation sites excluding steroid dienone is 1. The molecule has 0 amide bonds. The molecule has 0 radical (unpaired) electrons. The van der Waals surface area contributed by atoms with Crippen LogP contribution in [0.15, 0.2) is 11.6 Å². The lowest BCUT2D eigenvalue weighted by molar-refractivity contribution is -0.357. The number of carbonyl (C=O) groups excluding carboxylic acids is 2. The molecule has 394 valence electrons. The van der Waals surface area contributed by atoms with Crippen LogP contribution in [0.5, 0.6) is 0 Å². The van der Waals surface area contributed by atoms with E-state index in [1.54, 1.807) is 13.8 Å². The SMILES string of the molecule is CC(=O)O[C@H]1[C@H](O[C@H]2CC[C@@]3(C)C(CC[C@]4(C)C3CC=C3C5[C@@](C(=O)O[C@@H]6O[C@H](CO)[C@@H](O)[C@H](O)[C@H]6O)(CC[C@]34C)C[C@@H](O)[C@@H](C)[C@@]5(C)O)C2(C)C)OC[C@H](O)[C@@H]1O[C@@H]1O[C@H](CO)[C@@H](O)[C@H](O)[C@H]1O. The van der Waals surface area contributed by atoms with Crippen molar-refractivity contribution in [3.63, 3.8) is 0 Å². The Morgan fingerprint density at radius 2 is 1.30 bits per heavy atom. The lowest BCUT2D eigenvalue weighted by atomic mass is 9.33. The first-order valence-corrected chi connectivity index (χ1v) is 24.9. The predicted octanol–water partition coefficient (Wildman–Crippen LogP) is -0.708. The molecule has 0 bridgehead atoms. The van der Waals surface area contributed by atoms with Gasteiger partial charge in [-0.2, -0.15) is 0 Å². The summed E-state index contributed by atoms with van der Waals surface area (Å²) in [5, 5.41) is 118. The first kappa shape index (κ1) is 53.3. The molecule has 0 aromatic carbocycles. The van der Waals surface area contributed by atoms with Crippen LogP contribution in [0.1, 0.15) is 107 Å². The van der Waals surface area contributed by atoms with Gasteiger partial charge in [0.2, 0.25) is 6.29 Å². The molecule has 8 rings (SSSR count). The molecule has 8 aliphatic rings. The molecule has 0 spiro atoms. The Morgan fingerprint density at radius 1 is 0.696 bits per heavy atom. The Morgan fingerprint density at radius 3 is 1.91 bits per heavy atom. The van der Waals surface area contributed by atoms with Crippen molar-refractivity contribution in [3.8, 4) is 0 Å². The first-order valence-electron chi connectivity index (χ1n) is 24.9. The van der Waals surface area contributed by atoms with Gasteiger partial charge in [0.25, 0.3) is 0 Å². The smallest absolute Gasteiger partial charge is 0.315 e. The van der Waals surface area contributed by atoms with Crippen LogP contribution in [0.2, 0.25) is 0 Å². The molecule has 20 heteroatoms. The third-order valence-electron chi connectivity index (χ3n) is 19.7. The molecule has 25 atom stereocenters. The molecule has 0 aromatic rings. The normalized spacial score (nSPS) is 53.9. The number of aliphatic hydroxyl groups excluding tert-OH is 10. The summed E-state index contributed by atoms with van der Waals surface area (Å²) < 4.78 is 41.6. The maximum Gasteiger partial charge on any atom is 0.315 e. The molecule has 69 heavy (non-hydrogen) atoms. The van der Waals surface area contributed by atoms with Crippen molar-refractivity contribution in [2.45, 2.75) is 211 Å². The van der Waals surface area contributed by atoms with Crippen molar-refractivity contribution in [3.05, 3.63) is 11.6 Å². The van der Waals surface area contributed by atoms with Gasteiger partial charge in [0, 0.05) is 18.8 Å². The highest BCUT2D eigenvalue weighted by molar-refractivity contribution is 5.79. The summed E-state index contributed by atoms with van der Waals surface area (Å²) in [6, 6.07) is 0. The molecule has 3 aliphatic heterocycles. The van der Waals surface area contributed by atoms with Crippen LogP contribution >= 0.6 is 0 Å². The van der Waals surface area contributed by atoms with Crippen molar-refractivity contribution in [2.75, 3.05) is 19.8 Å². The van der Waals surface area contributed by atoms with Gasteiger partial charge in [0.1, 0.15) is 61.0 Å². The summed E-state index contributed by atoms with van der Waals surface area (Å²) in [7, 11) is 0. The quantitative estimate of drug-likeness (QED) is 0.0773. The molecule has 4 saturated carbocycles. The van der Waals surface area contributed by atoms with Crippen LogP contribution in [0.4, 0.5) is 0 Å². The Labute approximate surface area is 402 Å². The van der Waals surface area contributed by atoms with E-state index in [1.165, 1.54) is 6.92 Å². The summed E-state index contributed by atoms with van der Waals surface area (Å²) in [5.74, 6) is -2.74. The predicted molar refractivity (Wildman–Crippen MR) is 236 cm³/mol. The lowest BCUT2D eigenvalue weighted by Gasteiger charge is -2.72. The minimum Gasteiger partial charge on any atom is -0.454 e. The fraction of sp³-hybridized carbons (Fsp3) is 0.918. The van der Waals surface area contributed by atoms with E-state index in [0.29, 0.717) is 19.3 Å². The summed E-state index contributed by atoms with van der Waals surface area (Å²) in [4.78, 5) is 27.4. The van der Waals surface area contributed by atoms with E-state index in [0.717, 1.165) is 24.8 Å². The van der Waals surface area contributed by atoms with Gasteiger partial charge in [-0.1, -0.05) is 53.2 Å². The molecule has 3 saturated heterocycles. The molecule has 7 fully saturated rings. The van der Waals surface area contributed by atoms with Gasteiger partial charge in [-0.25, -0.2) is 0 Å². The number of esters is 2. The molecule has 0 aromatic heterocycles. The molecular weight excluding hydrogens is 909 g/mol. The summed E-state index contributed by atoms with van der Waals surface area (Å²) >= 11 is 0. The highest BCUT2D eigenvalue weighted by Crippen LogP contribution is 2.76. The zero-order chi connectivity index (χ0) is 50.7. The van der Waals surface area contributed by atoms with Gasteiger partial charge in [-0.05, 0) is 91.8 Å². The third kappa shape index (κ3) is 8.26. The number of rotatable bonds is 9. The van der Waals surface area contributed by atoms with Gasteiger partial charge in [-0.15, -0.1) is 0 Å². The van der Waals surface area contributed by atoms with Gasteiger partial charge < -0.3 is 89.3 Å². The monoisotopic (exact) mass is 987 g/mol. The molecular formula is C49H78O20. The van der Waals surface area contributed by atoms with E-state index in [9.17, 15) is 65.8 Å². The highest BCUT2D eigenvalue weighted by Gasteiger charge is 2.73. The van der Waals surface area contributed by atoms with Crippen LogP contribution in [-0.4, -0.2) is 192 Å². The van der Waals surface area contributed by atoms with E-state index < -0.39 is 157 Å². The van der Waals surface area contributed by atoms with Crippen molar-refractivity contribution in [2.24, 2.45) is 50.7 Å².